The van der Waals surface area contributed by atoms with Crippen molar-refractivity contribution >= 4 is 33.3 Å². The summed E-state index contributed by atoms with van der Waals surface area (Å²) in [7, 11) is 0. The molecule has 1 aromatic rings. The predicted molar refractivity (Wildman–Crippen MR) is 91.1 cm³/mol. The number of ketones is 1. The molecule has 0 aromatic heterocycles. The van der Waals surface area contributed by atoms with E-state index in [4.69, 9.17) is 11.6 Å². The molecule has 20 heavy (non-hydrogen) atoms. The van der Waals surface area contributed by atoms with Gasteiger partial charge in [-0.1, -0.05) is 66.1 Å². The second-order valence-corrected chi connectivity index (χ2v) is 6.43. The number of rotatable bonds is 11. The van der Waals surface area contributed by atoms with Gasteiger partial charge < -0.3 is 0 Å². The lowest BCUT2D eigenvalue weighted by molar-refractivity contribution is 0.0979. The number of Topliss-reactive ketones (excluding diaryl/α,β-unsaturated/α-hetero) is 1. The van der Waals surface area contributed by atoms with Crippen molar-refractivity contribution in [1.29, 1.82) is 0 Å². The molecule has 3 heteroatoms. The van der Waals surface area contributed by atoms with Crippen molar-refractivity contribution in [2.75, 3.05) is 5.33 Å². The fourth-order valence-electron chi connectivity index (χ4n) is 2.22. The summed E-state index contributed by atoms with van der Waals surface area (Å²) in [6.07, 6.45) is 10.7. The van der Waals surface area contributed by atoms with E-state index in [1.807, 2.05) is 12.1 Å². The highest BCUT2D eigenvalue weighted by molar-refractivity contribution is 9.09. The first kappa shape index (κ1) is 17.7. The maximum absolute atomic E-state index is 11.9. The van der Waals surface area contributed by atoms with Crippen LogP contribution < -0.4 is 0 Å². The van der Waals surface area contributed by atoms with E-state index in [1.165, 1.54) is 38.5 Å². The fourth-order valence-corrected chi connectivity index (χ4v) is 2.74. The van der Waals surface area contributed by atoms with E-state index in [2.05, 4.69) is 15.9 Å². The maximum Gasteiger partial charge on any atom is 0.162 e. The number of hydrogen-bond acceptors (Lipinski definition) is 1. The van der Waals surface area contributed by atoms with Crippen LogP contribution in [0.25, 0.3) is 0 Å². The van der Waals surface area contributed by atoms with Crippen LogP contribution in [0.3, 0.4) is 0 Å². The third-order valence-electron chi connectivity index (χ3n) is 3.45. The summed E-state index contributed by atoms with van der Waals surface area (Å²) in [5, 5.41) is 1.81. The van der Waals surface area contributed by atoms with E-state index >= 15 is 0 Å². The average Bonchev–Trinajstić information content (AvgIpc) is 2.46. The van der Waals surface area contributed by atoms with Crippen LogP contribution in [0, 0.1) is 0 Å². The zero-order valence-electron chi connectivity index (χ0n) is 12.0. The van der Waals surface area contributed by atoms with Gasteiger partial charge in [0, 0.05) is 22.3 Å². The molecule has 0 amide bonds. The molecule has 0 fully saturated rings. The smallest absolute Gasteiger partial charge is 0.162 e. The third kappa shape index (κ3) is 8.06. The Morgan fingerprint density at radius 3 is 1.90 bits per heavy atom. The number of carbonyl (C=O) groups is 1. The van der Waals surface area contributed by atoms with Crippen LogP contribution in [0.4, 0.5) is 0 Å². The second kappa shape index (κ2) is 11.3. The molecule has 0 saturated carbocycles. The Hall–Kier alpha value is -0.340. The Bertz CT molecular complexity index is 375. The minimum atomic E-state index is 0.235. The molecule has 0 unspecified atom stereocenters. The van der Waals surface area contributed by atoms with Crippen LogP contribution in [0.1, 0.15) is 68.1 Å². The number of carbonyl (C=O) groups excluding carboxylic acids is 1. The zero-order chi connectivity index (χ0) is 14.6. The minimum Gasteiger partial charge on any atom is -0.294 e. The monoisotopic (exact) mass is 358 g/mol. The molecule has 0 aliphatic heterocycles. The lowest BCUT2D eigenvalue weighted by Crippen LogP contribution is -1.98. The van der Waals surface area contributed by atoms with Crippen LogP contribution >= 0.6 is 27.5 Å². The molecule has 112 valence electrons. The Morgan fingerprint density at radius 1 is 0.850 bits per heavy atom. The molecule has 1 aromatic carbocycles. The molecule has 0 N–H and O–H groups in total. The van der Waals surface area contributed by atoms with Crippen molar-refractivity contribution in [1.82, 2.24) is 0 Å². The van der Waals surface area contributed by atoms with Gasteiger partial charge in [0.05, 0.1) is 0 Å². The summed E-state index contributed by atoms with van der Waals surface area (Å²) in [4.78, 5) is 11.9. The molecule has 1 nitrogen and oxygen atoms in total. The number of hydrogen-bond donors (Lipinski definition) is 0. The number of unbranched alkanes of at least 4 members (excludes halogenated alkanes) is 7. The van der Waals surface area contributed by atoms with Crippen molar-refractivity contribution in [3.8, 4) is 0 Å². The van der Waals surface area contributed by atoms with Gasteiger partial charge in [-0.05, 0) is 37.1 Å². The van der Waals surface area contributed by atoms with Crippen LogP contribution in [-0.4, -0.2) is 11.1 Å². The van der Waals surface area contributed by atoms with Gasteiger partial charge >= 0.3 is 0 Å². The first-order valence-corrected chi connectivity index (χ1v) is 9.08. The van der Waals surface area contributed by atoms with Crippen molar-refractivity contribution in [2.24, 2.45) is 0 Å². The molecule has 1 rings (SSSR count). The Morgan fingerprint density at radius 2 is 1.35 bits per heavy atom. The van der Waals surface area contributed by atoms with Crippen molar-refractivity contribution in [3.05, 3.63) is 34.9 Å². The van der Waals surface area contributed by atoms with Gasteiger partial charge in [0.25, 0.3) is 0 Å². The quantitative estimate of drug-likeness (QED) is 0.253. The van der Waals surface area contributed by atoms with E-state index in [9.17, 15) is 4.79 Å². The maximum atomic E-state index is 11.9. The SMILES string of the molecule is O=C(CCCCCCCCCCBr)c1ccc(Cl)cc1. The molecular weight excluding hydrogens is 336 g/mol. The summed E-state index contributed by atoms with van der Waals surface area (Å²) in [5.74, 6) is 0.235. The minimum absolute atomic E-state index is 0.235. The standard InChI is InChI=1S/C17H24BrClO/c18-14-8-6-4-2-1-3-5-7-9-17(20)15-10-12-16(19)13-11-15/h10-13H,1-9,14H2. The van der Waals surface area contributed by atoms with Gasteiger partial charge in [0.15, 0.2) is 5.78 Å². The van der Waals surface area contributed by atoms with Gasteiger partial charge in [0.1, 0.15) is 0 Å². The van der Waals surface area contributed by atoms with Gasteiger partial charge in [-0.15, -0.1) is 0 Å². The van der Waals surface area contributed by atoms with E-state index in [0.717, 1.165) is 23.7 Å². The number of benzene rings is 1. The third-order valence-corrected chi connectivity index (χ3v) is 4.27. The van der Waals surface area contributed by atoms with Gasteiger partial charge in [0.2, 0.25) is 0 Å². The average molecular weight is 360 g/mol. The molecular formula is C17H24BrClO. The molecule has 0 radical (unpaired) electrons. The summed E-state index contributed by atoms with van der Waals surface area (Å²) in [6, 6.07) is 7.19. The molecule has 0 saturated heterocycles. The predicted octanol–water partition coefficient (Wildman–Crippen LogP) is 6.43. The summed E-state index contributed by atoms with van der Waals surface area (Å²) in [6.45, 7) is 0. The molecule has 0 heterocycles. The topological polar surface area (TPSA) is 17.1 Å². The Kier molecular flexibility index (Phi) is 10.0. The van der Waals surface area contributed by atoms with Gasteiger partial charge in [-0.25, -0.2) is 0 Å². The summed E-state index contributed by atoms with van der Waals surface area (Å²) < 4.78 is 0. The van der Waals surface area contributed by atoms with Crippen LogP contribution in [0.2, 0.25) is 5.02 Å². The lowest BCUT2D eigenvalue weighted by atomic mass is 10.0. The van der Waals surface area contributed by atoms with E-state index < -0.39 is 0 Å². The largest absolute Gasteiger partial charge is 0.294 e. The molecule has 0 atom stereocenters. The van der Waals surface area contributed by atoms with Crippen LogP contribution in [0.5, 0.6) is 0 Å². The molecule has 0 aliphatic carbocycles. The number of halogens is 2. The summed E-state index contributed by atoms with van der Waals surface area (Å²) >= 11 is 9.26. The normalized spacial score (nSPS) is 10.7. The second-order valence-electron chi connectivity index (χ2n) is 5.20. The van der Waals surface area contributed by atoms with E-state index in [1.54, 1.807) is 12.1 Å². The summed E-state index contributed by atoms with van der Waals surface area (Å²) in [5.41, 5.74) is 0.782. The van der Waals surface area contributed by atoms with Gasteiger partial charge in [-0.2, -0.15) is 0 Å². The van der Waals surface area contributed by atoms with Crippen molar-refractivity contribution < 1.29 is 4.79 Å². The molecule has 0 aliphatic rings. The van der Waals surface area contributed by atoms with E-state index in [0.29, 0.717) is 11.4 Å². The van der Waals surface area contributed by atoms with Crippen molar-refractivity contribution in [3.63, 3.8) is 0 Å². The first-order chi connectivity index (χ1) is 9.74. The number of alkyl halides is 1. The highest BCUT2D eigenvalue weighted by Gasteiger charge is 2.04. The van der Waals surface area contributed by atoms with Crippen LogP contribution in [0.15, 0.2) is 24.3 Å². The van der Waals surface area contributed by atoms with Crippen molar-refractivity contribution in [2.45, 2.75) is 57.8 Å². The van der Waals surface area contributed by atoms with Crippen LogP contribution in [-0.2, 0) is 0 Å². The zero-order valence-corrected chi connectivity index (χ0v) is 14.4. The highest BCUT2D eigenvalue weighted by atomic mass is 79.9. The first-order valence-electron chi connectivity index (χ1n) is 7.59. The fraction of sp³-hybridized carbons (Fsp3) is 0.588. The highest BCUT2D eigenvalue weighted by Crippen LogP contribution is 2.14. The molecule has 0 bridgehead atoms. The van der Waals surface area contributed by atoms with E-state index in [-0.39, 0.29) is 5.78 Å². The van der Waals surface area contributed by atoms with Gasteiger partial charge in [-0.3, -0.25) is 4.79 Å². The Labute approximate surface area is 136 Å². The Balaban J connectivity index is 2.01. The lowest BCUT2D eigenvalue weighted by Gasteiger charge is -2.03. The molecule has 0 spiro atoms.